The summed E-state index contributed by atoms with van der Waals surface area (Å²) in [7, 11) is 3.68. The van der Waals surface area contributed by atoms with Crippen molar-refractivity contribution in [3.63, 3.8) is 0 Å². The molecule has 0 N–H and O–H groups in total. The van der Waals surface area contributed by atoms with Crippen molar-refractivity contribution in [2.75, 3.05) is 40.4 Å². The molecule has 1 aliphatic heterocycles. The molecule has 0 radical (unpaired) electrons. The van der Waals surface area contributed by atoms with E-state index in [0.717, 1.165) is 23.9 Å². The van der Waals surface area contributed by atoms with Gasteiger partial charge in [0.2, 0.25) is 12.2 Å². The van der Waals surface area contributed by atoms with Gasteiger partial charge in [-0.05, 0) is 45.7 Å². The fourth-order valence-corrected chi connectivity index (χ4v) is 5.87. The topological polar surface area (TPSA) is 113 Å². The Balaban J connectivity index is 1.74. The number of quaternary nitrogens is 1. The van der Waals surface area contributed by atoms with Gasteiger partial charge in [-0.15, -0.1) is 0 Å². The SMILES string of the molecule is COCCCCn1c(C(=O)[N+](C)(CC(C)C)C2C[C@@H](c3ncon3)CN(C(=O)OC(C)(C)C)C2)nc2ccccc21. The zero-order valence-corrected chi connectivity index (χ0v) is 25.5. The third-order valence-corrected chi connectivity index (χ3v) is 7.66. The van der Waals surface area contributed by atoms with Crippen molar-refractivity contribution >= 4 is 23.0 Å². The average molecular weight is 570 g/mol. The minimum atomic E-state index is -0.648. The van der Waals surface area contributed by atoms with E-state index < -0.39 is 11.7 Å². The number of carbonyl (C=O) groups excluding carboxylic acids is 2. The standard InChI is InChI=1S/C30H45N6O5/c1-21(2)19-36(6,28(37)27-32-24-12-8-9-13-25(24)35(27)14-10-11-15-39-7)23-16-22(26-31-20-40-33-26)17-34(18-23)29(38)41-30(3,4)5/h8-9,12-13,20-23H,10-11,14-19H2,1-7H3/q+1/t22-,23?,36?/m1/s1. The number of aromatic nitrogens is 4. The van der Waals surface area contributed by atoms with Gasteiger partial charge in [-0.2, -0.15) is 4.98 Å². The van der Waals surface area contributed by atoms with Crippen molar-refractivity contribution in [2.45, 2.75) is 78.0 Å². The lowest BCUT2D eigenvalue weighted by molar-refractivity contribution is -0.859. The average Bonchev–Trinajstić information content (AvgIpc) is 3.58. The molecule has 1 aliphatic rings. The Hall–Kier alpha value is -3.31. The molecule has 2 unspecified atom stereocenters. The summed E-state index contributed by atoms with van der Waals surface area (Å²) < 4.78 is 18.2. The largest absolute Gasteiger partial charge is 0.444 e. The first kappa shape index (κ1) is 30.6. The van der Waals surface area contributed by atoms with Crippen molar-refractivity contribution in [2.24, 2.45) is 5.92 Å². The van der Waals surface area contributed by atoms with E-state index in [-0.39, 0.29) is 28.3 Å². The Bertz CT molecular complexity index is 1310. The molecule has 41 heavy (non-hydrogen) atoms. The third kappa shape index (κ3) is 7.13. The smallest absolute Gasteiger partial charge is 0.410 e. The zero-order valence-electron chi connectivity index (χ0n) is 25.5. The number of fused-ring (bicyclic) bond motifs is 1. The molecule has 0 spiro atoms. The number of carbonyl (C=O) groups is 2. The van der Waals surface area contributed by atoms with E-state index in [1.807, 2.05) is 52.1 Å². The minimum absolute atomic E-state index is 0.0652. The van der Waals surface area contributed by atoms with Gasteiger partial charge in [0, 0.05) is 45.1 Å². The Labute approximate surface area is 242 Å². The van der Waals surface area contributed by atoms with E-state index in [9.17, 15) is 9.59 Å². The number of hydrogen-bond acceptors (Lipinski definition) is 8. The summed E-state index contributed by atoms with van der Waals surface area (Å²) in [6.07, 6.45) is 3.24. The first-order valence-corrected chi connectivity index (χ1v) is 14.5. The van der Waals surface area contributed by atoms with Crippen LogP contribution < -0.4 is 0 Å². The summed E-state index contributed by atoms with van der Waals surface area (Å²) in [5.74, 6) is 0.910. The van der Waals surface area contributed by atoms with Gasteiger partial charge < -0.3 is 23.5 Å². The van der Waals surface area contributed by atoms with Crippen LogP contribution in [0.15, 0.2) is 35.2 Å². The highest BCUT2D eigenvalue weighted by atomic mass is 16.6. The first-order chi connectivity index (χ1) is 19.4. The maximum Gasteiger partial charge on any atom is 0.410 e. The maximum atomic E-state index is 14.8. The number of piperidine rings is 1. The molecule has 1 fully saturated rings. The number of imidazole rings is 1. The molecule has 2 amide bonds. The molecule has 4 rings (SSSR count). The molecule has 0 aliphatic carbocycles. The van der Waals surface area contributed by atoms with Crippen LogP contribution in [-0.4, -0.2) is 93.1 Å². The van der Waals surface area contributed by atoms with Crippen LogP contribution >= 0.6 is 0 Å². The van der Waals surface area contributed by atoms with E-state index in [2.05, 4.69) is 28.6 Å². The number of amides is 2. The van der Waals surface area contributed by atoms with Gasteiger partial charge >= 0.3 is 12.0 Å². The second kappa shape index (κ2) is 12.7. The quantitative estimate of drug-likeness (QED) is 0.251. The van der Waals surface area contributed by atoms with Crippen LogP contribution in [0.4, 0.5) is 4.79 Å². The number of likely N-dealkylation sites (N-methyl/N-ethyl adjacent to an activating group) is 1. The Morgan fingerprint density at radius 3 is 2.59 bits per heavy atom. The van der Waals surface area contributed by atoms with E-state index in [1.165, 1.54) is 6.39 Å². The number of ether oxygens (including phenoxy) is 2. The van der Waals surface area contributed by atoms with Crippen LogP contribution in [0.2, 0.25) is 0 Å². The highest BCUT2D eigenvalue weighted by Gasteiger charge is 2.49. The summed E-state index contributed by atoms with van der Waals surface area (Å²) in [5, 5.41) is 4.10. The molecule has 3 aromatic rings. The predicted molar refractivity (Wildman–Crippen MR) is 154 cm³/mol. The van der Waals surface area contributed by atoms with Gasteiger partial charge in [0.1, 0.15) is 11.6 Å². The van der Waals surface area contributed by atoms with Crippen LogP contribution in [0.1, 0.15) is 76.2 Å². The molecule has 0 saturated carbocycles. The molecule has 1 saturated heterocycles. The highest BCUT2D eigenvalue weighted by molar-refractivity contribution is 5.91. The number of benzene rings is 1. The lowest BCUT2D eigenvalue weighted by atomic mass is 9.90. The van der Waals surface area contributed by atoms with Gasteiger partial charge in [0.25, 0.3) is 0 Å². The van der Waals surface area contributed by atoms with Crippen molar-refractivity contribution in [1.29, 1.82) is 0 Å². The number of unbranched alkanes of at least 4 members (excludes halogenated alkanes) is 1. The van der Waals surface area contributed by atoms with Gasteiger partial charge in [0.05, 0.1) is 31.2 Å². The van der Waals surface area contributed by atoms with Crippen molar-refractivity contribution < 1.29 is 28.1 Å². The number of para-hydroxylation sites is 2. The molecule has 2 aromatic heterocycles. The van der Waals surface area contributed by atoms with Gasteiger partial charge in [-0.3, -0.25) is 4.48 Å². The second-order valence-corrected chi connectivity index (χ2v) is 12.7. The van der Waals surface area contributed by atoms with Crippen molar-refractivity contribution in [3.05, 3.63) is 42.3 Å². The molecule has 11 heteroatoms. The second-order valence-electron chi connectivity index (χ2n) is 12.7. The summed E-state index contributed by atoms with van der Waals surface area (Å²) in [6.45, 7) is 12.4. The fourth-order valence-electron chi connectivity index (χ4n) is 5.87. The number of likely N-dealkylation sites (tertiary alicyclic amines) is 1. The number of rotatable bonds is 10. The van der Waals surface area contributed by atoms with E-state index in [0.29, 0.717) is 50.9 Å². The van der Waals surface area contributed by atoms with Crippen LogP contribution in [0, 0.1) is 5.92 Å². The summed E-state index contributed by atoms with van der Waals surface area (Å²) >= 11 is 0. The zero-order chi connectivity index (χ0) is 29.8. The molecule has 11 nitrogen and oxygen atoms in total. The monoisotopic (exact) mass is 569 g/mol. The number of methoxy groups -OCH3 is 1. The molecular weight excluding hydrogens is 524 g/mol. The molecule has 224 valence electrons. The Morgan fingerprint density at radius 2 is 1.93 bits per heavy atom. The van der Waals surface area contributed by atoms with Crippen LogP contribution in [0.3, 0.4) is 0 Å². The Kier molecular flexibility index (Phi) is 9.48. The van der Waals surface area contributed by atoms with Gasteiger partial charge in [-0.1, -0.05) is 31.1 Å². The number of hydrogen-bond donors (Lipinski definition) is 0. The summed E-state index contributed by atoms with van der Waals surface area (Å²) in [5.41, 5.74) is 1.08. The Morgan fingerprint density at radius 1 is 1.17 bits per heavy atom. The molecule has 3 atom stereocenters. The van der Waals surface area contributed by atoms with Crippen molar-refractivity contribution in [3.8, 4) is 0 Å². The van der Waals surface area contributed by atoms with Crippen LogP contribution in [-0.2, 0) is 16.0 Å². The van der Waals surface area contributed by atoms with Crippen molar-refractivity contribution in [1.82, 2.24) is 24.6 Å². The highest BCUT2D eigenvalue weighted by Crippen LogP contribution is 2.34. The molecule has 3 heterocycles. The summed E-state index contributed by atoms with van der Waals surface area (Å²) in [4.78, 5) is 39.0. The molecule has 0 bridgehead atoms. The van der Waals surface area contributed by atoms with Gasteiger partial charge in [0.15, 0.2) is 5.82 Å². The minimum Gasteiger partial charge on any atom is -0.444 e. The van der Waals surface area contributed by atoms with E-state index >= 15 is 0 Å². The van der Waals surface area contributed by atoms with Crippen LogP contribution in [0.5, 0.6) is 0 Å². The molecular formula is C30H45N6O5+. The van der Waals surface area contributed by atoms with Gasteiger partial charge in [-0.25, -0.2) is 14.6 Å². The van der Waals surface area contributed by atoms with E-state index in [1.54, 1.807) is 12.0 Å². The fraction of sp³-hybridized carbons (Fsp3) is 0.633. The summed E-state index contributed by atoms with van der Waals surface area (Å²) in [6, 6.07) is 7.63. The van der Waals surface area contributed by atoms with Crippen LogP contribution in [0.25, 0.3) is 11.0 Å². The maximum absolute atomic E-state index is 14.8. The number of aryl methyl sites for hydroxylation is 1. The molecule has 1 aromatic carbocycles. The normalized spacial score (nSPS) is 19.5. The lowest BCUT2D eigenvalue weighted by Gasteiger charge is -2.46. The lowest BCUT2D eigenvalue weighted by Crippen LogP contribution is -2.64. The van der Waals surface area contributed by atoms with E-state index in [4.69, 9.17) is 19.0 Å². The third-order valence-electron chi connectivity index (χ3n) is 7.66. The first-order valence-electron chi connectivity index (χ1n) is 14.5. The number of nitrogens with zero attached hydrogens (tertiary/aromatic N) is 6. The predicted octanol–water partition coefficient (Wildman–Crippen LogP) is 4.88.